The van der Waals surface area contributed by atoms with E-state index in [4.69, 9.17) is 21.1 Å². The van der Waals surface area contributed by atoms with Gasteiger partial charge in [0.05, 0.1) is 6.61 Å². The van der Waals surface area contributed by atoms with Crippen LogP contribution in [0, 0.1) is 16.0 Å². The van der Waals surface area contributed by atoms with Gasteiger partial charge < -0.3 is 19.6 Å². The molecule has 0 spiro atoms. The van der Waals surface area contributed by atoms with Crippen molar-refractivity contribution in [3.8, 4) is 5.75 Å². The summed E-state index contributed by atoms with van der Waals surface area (Å²) >= 11 is 5.88. The Morgan fingerprint density at radius 2 is 2.00 bits per heavy atom. The van der Waals surface area contributed by atoms with Gasteiger partial charge in [0.25, 0.3) is 5.09 Å². The van der Waals surface area contributed by atoms with Crippen molar-refractivity contribution in [2.24, 2.45) is 5.92 Å². The Balaban J connectivity index is 0.000000373. The maximum Gasteiger partial charge on any atom is 0.325 e. The Morgan fingerprint density at radius 3 is 2.68 bits per heavy atom. The second kappa shape index (κ2) is 20.0. The largest absolute Gasteiger partial charge is 0.493 e. The molecule has 206 valence electrons. The molecule has 0 aliphatic heterocycles. The maximum atomic E-state index is 11.3. The van der Waals surface area contributed by atoms with Crippen molar-refractivity contribution in [1.29, 1.82) is 0 Å². The van der Waals surface area contributed by atoms with Crippen molar-refractivity contribution in [1.82, 2.24) is 5.32 Å². The topological polar surface area (TPSA) is 117 Å². The Kier molecular flexibility index (Phi) is 17.3. The van der Waals surface area contributed by atoms with Crippen molar-refractivity contribution in [2.45, 2.75) is 71.3 Å². The first kappa shape index (κ1) is 32.0. The number of allylic oxidation sites excluding steroid dienone is 3. The third-order valence-electron chi connectivity index (χ3n) is 5.34. The van der Waals surface area contributed by atoms with Gasteiger partial charge in [0, 0.05) is 11.4 Å². The number of unbranched alkanes of at least 4 members (excludes halogenated alkanes) is 1. The second-order valence-corrected chi connectivity index (χ2v) is 9.06. The number of nitrogens with zero attached hydrogens (tertiary/aromatic N) is 1. The fourth-order valence-electron chi connectivity index (χ4n) is 3.49. The van der Waals surface area contributed by atoms with Gasteiger partial charge in [-0.05, 0) is 70.1 Å². The van der Waals surface area contributed by atoms with Gasteiger partial charge in [0.15, 0.2) is 0 Å². The molecule has 1 fully saturated rings. The molecule has 1 atom stereocenters. The van der Waals surface area contributed by atoms with Crippen LogP contribution in [0.5, 0.6) is 5.75 Å². The molecule has 1 aliphatic carbocycles. The average molecular weight is 539 g/mol. The lowest BCUT2D eigenvalue weighted by atomic mass is 10.1. The average Bonchev–Trinajstić information content (AvgIpc) is 3.38. The van der Waals surface area contributed by atoms with Gasteiger partial charge >= 0.3 is 5.97 Å². The zero-order chi connectivity index (χ0) is 27.3. The third-order valence-corrected chi connectivity index (χ3v) is 5.58. The van der Waals surface area contributed by atoms with Gasteiger partial charge in [-0.15, -0.1) is 10.1 Å². The molecule has 0 saturated heterocycles. The monoisotopic (exact) mass is 538 g/mol. The molecule has 1 amide bonds. The van der Waals surface area contributed by atoms with Crippen molar-refractivity contribution in [2.75, 3.05) is 19.8 Å². The van der Waals surface area contributed by atoms with Gasteiger partial charge in [-0.1, -0.05) is 54.8 Å². The third kappa shape index (κ3) is 17.9. The van der Waals surface area contributed by atoms with E-state index in [1.807, 2.05) is 43.3 Å². The van der Waals surface area contributed by atoms with Crippen LogP contribution in [0.2, 0.25) is 5.02 Å². The summed E-state index contributed by atoms with van der Waals surface area (Å²) < 4.78 is 10.3. The lowest BCUT2D eigenvalue weighted by Gasteiger charge is -2.10. The number of carbonyl (C=O) groups excluding carboxylic acids is 2. The first-order valence-corrected chi connectivity index (χ1v) is 13.1. The number of esters is 1. The number of amides is 1. The number of halogens is 1. The van der Waals surface area contributed by atoms with Crippen LogP contribution in [0.3, 0.4) is 0 Å². The summed E-state index contributed by atoms with van der Waals surface area (Å²) in [6.45, 7) is 3.53. The zero-order valence-electron chi connectivity index (χ0n) is 21.7. The van der Waals surface area contributed by atoms with Crippen LogP contribution in [0.15, 0.2) is 48.6 Å². The number of hydrogen-bond acceptors (Lipinski definition) is 7. The van der Waals surface area contributed by atoms with Crippen LogP contribution in [0.25, 0.3) is 0 Å². The fraction of sp³-hybridized carbons (Fsp3) is 0.556. The van der Waals surface area contributed by atoms with Gasteiger partial charge in [-0.2, -0.15) is 0 Å². The van der Waals surface area contributed by atoms with Gasteiger partial charge in [-0.25, -0.2) is 0 Å². The smallest absolute Gasteiger partial charge is 0.325 e. The summed E-state index contributed by atoms with van der Waals surface area (Å²) in [5, 5.41) is 12.2. The van der Waals surface area contributed by atoms with Crippen LogP contribution in [0.1, 0.15) is 65.2 Å². The number of carbonyl (C=O) groups is 2. The zero-order valence-corrected chi connectivity index (χ0v) is 22.5. The minimum Gasteiger partial charge on any atom is -0.493 e. The first-order valence-electron chi connectivity index (χ1n) is 12.7. The van der Waals surface area contributed by atoms with Crippen molar-refractivity contribution >= 4 is 23.5 Å². The van der Waals surface area contributed by atoms with Crippen LogP contribution in [-0.4, -0.2) is 42.8 Å². The Hall–Kier alpha value is -3.07. The second-order valence-electron chi connectivity index (χ2n) is 8.63. The van der Waals surface area contributed by atoms with Gasteiger partial charge in [0.2, 0.25) is 5.91 Å². The highest BCUT2D eigenvalue weighted by atomic mass is 35.5. The molecule has 1 saturated carbocycles. The molecule has 0 bridgehead atoms. The van der Waals surface area contributed by atoms with Crippen molar-refractivity contribution in [3.63, 3.8) is 0 Å². The molecule has 1 unspecified atom stereocenters. The van der Waals surface area contributed by atoms with Crippen molar-refractivity contribution in [3.05, 3.63) is 63.7 Å². The Labute approximate surface area is 224 Å². The lowest BCUT2D eigenvalue weighted by Crippen LogP contribution is -2.32. The molecule has 1 aromatic rings. The van der Waals surface area contributed by atoms with Crippen LogP contribution in [0.4, 0.5) is 0 Å². The molecule has 10 heteroatoms. The summed E-state index contributed by atoms with van der Waals surface area (Å²) in [6, 6.07) is 7.55. The number of hydrogen-bond donors (Lipinski definition) is 1. The minimum absolute atomic E-state index is 0.235. The molecule has 0 heterocycles. The molecule has 0 radical (unpaired) electrons. The molecule has 1 aromatic carbocycles. The maximum absolute atomic E-state index is 11.3. The summed E-state index contributed by atoms with van der Waals surface area (Å²) in [7, 11) is 0. The SMILES string of the molecule is C/C=C\CCCC(=O)NCC(=O)OCC(C)O[N+](=O)[O-].Clc1cccc(OCC/C=C/C2CCCC2)c1. The number of benzene rings is 1. The molecule has 9 nitrogen and oxygen atoms in total. The van der Waals surface area contributed by atoms with E-state index in [2.05, 4.69) is 22.3 Å². The molecular formula is C27H39ClN2O7. The molecule has 1 aliphatic rings. The molecule has 0 aromatic heterocycles. The first-order chi connectivity index (χ1) is 17.8. The normalized spacial score (nSPS) is 14.1. The summed E-state index contributed by atoms with van der Waals surface area (Å²) in [5.74, 6) is 0.777. The molecular weight excluding hydrogens is 500 g/mol. The van der Waals surface area contributed by atoms with Crippen LogP contribution in [-0.2, 0) is 19.2 Å². The van der Waals surface area contributed by atoms with Crippen molar-refractivity contribution < 1.29 is 29.0 Å². The van der Waals surface area contributed by atoms with Gasteiger partial charge in [-0.3, -0.25) is 9.59 Å². The minimum atomic E-state index is -0.953. The summed E-state index contributed by atoms with van der Waals surface area (Å²) in [5.41, 5.74) is 0. The van der Waals surface area contributed by atoms with E-state index in [0.29, 0.717) is 12.8 Å². The highest BCUT2D eigenvalue weighted by Gasteiger charge is 2.12. The predicted molar refractivity (Wildman–Crippen MR) is 143 cm³/mol. The number of nitrogens with one attached hydrogen (secondary N) is 1. The highest BCUT2D eigenvalue weighted by Crippen LogP contribution is 2.25. The summed E-state index contributed by atoms with van der Waals surface area (Å²) in [4.78, 5) is 36.7. The van der Waals surface area contributed by atoms with Crippen LogP contribution >= 0.6 is 11.6 Å². The Bertz CT molecular complexity index is 870. The van der Waals surface area contributed by atoms with E-state index in [0.717, 1.165) is 36.1 Å². The number of rotatable bonds is 15. The van der Waals surface area contributed by atoms with E-state index in [1.165, 1.54) is 32.6 Å². The summed E-state index contributed by atoms with van der Waals surface area (Å²) in [6.07, 6.45) is 16.0. The molecule has 1 N–H and O–H groups in total. The van der Waals surface area contributed by atoms with E-state index in [9.17, 15) is 19.7 Å². The number of ether oxygens (including phenoxy) is 2. The lowest BCUT2D eigenvalue weighted by molar-refractivity contribution is -0.767. The van der Waals surface area contributed by atoms with E-state index < -0.39 is 17.2 Å². The quantitative estimate of drug-likeness (QED) is 0.0979. The van der Waals surface area contributed by atoms with Gasteiger partial charge in [0.1, 0.15) is 25.0 Å². The molecule has 2 rings (SSSR count). The standard InChI is InChI=1S/C15H19ClO.C12H20N2O6/c16-14-9-5-10-15(12-14)17-11-4-3-8-13-6-1-2-7-13;1-3-4-5-6-7-11(15)13-8-12(16)19-9-10(2)20-14(17)18/h3,5,8-10,12-13H,1-2,4,6-7,11H2;3-4,10H,5-9H2,1-2H3,(H,13,15)/b8-3+;4-3-. The fourth-order valence-corrected chi connectivity index (χ4v) is 3.67. The van der Waals surface area contributed by atoms with E-state index in [1.54, 1.807) is 0 Å². The predicted octanol–water partition coefficient (Wildman–Crippen LogP) is 5.84. The Morgan fingerprint density at radius 1 is 1.24 bits per heavy atom. The highest BCUT2D eigenvalue weighted by molar-refractivity contribution is 6.30. The molecule has 37 heavy (non-hydrogen) atoms. The van der Waals surface area contributed by atoms with E-state index >= 15 is 0 Å². The van der Waals surface area contributed by atoms with Crippen LogP contribution < -0.4 is 10.1 Å². The van der Waals surface area contributed by atoms with E-state index in [-0.39, 0.29) is 19.1 Å².